The molecule has 2 heterocycles. The number of nitrogens with zero attached hydrogens (tertiary/aromatic N) is 4. The predicted octanol–water partition coefficient (Wildman–Crippen LogP) is 2.13. The van der Waals surface area contributed by atoms with Crippen LogP contribution in [0.5, 0.6) is 0 Å². The number of anilines is 1. The summed E-state index contributed by atoms with van der Waals surface area (Å²) in [5, 5.41) is 11.3. The van der Waals surface area contributed by atoms with Gasteiger partial charge in [-0.05, 0) is 44.2 Å². The lowest BCUT2D eigenvalue weighted by Gasteiger charge is -2.38. The number of imide groups is 1. The summed E-state index contributed by atoms with van der Waals surface area (Å²) in [6.07, 6.45) is 0. The van der Waals surface area contributed by atoms with Gasteiger partial charge in [-0.1, -0.05) is 6.07 Å². The van der Waals surface area contributed by atoms with Crippen LogP contribution in [0.1, 0.15) is 44.9 Å². The minimum atomic E-state index is -1.08. The number of Topliss-reactive ketones (excluding diaryl/α,β-unsaturated/α-hetero) is 1. The van der Waals surface area contributed by atoms with E-state index in [1.807, 2.05) is 12.1 Å². The van der Waals surface area contributed by atoms with Crippen LogP contribution in [0.2, 0.25) is 0 Å². The zero-order valence-corrected chi connectivity index (χ0v) is 18.2. The van der Waals surface area contributed by atoms with E-state index in [9.17, 15) is 29.3 Å². The highest BCUT2D eigenvalue weighted by atomic mass is 16.6. The summed E-state index contributed by atoms with van der Waals surface area (Å²) in [6.45, 7) is 4.84. The second-order valence-corrected chi connectivity index (χ2v) is 8.03. The zero-order valence-electron chi connectivity index (χ0n) is 18.2. The first-order valence-corrected chi connectivity index (χ1v) is 10.5. The second-order valence-electron chi connectivity index (χ2n) is 8.03. The molecule has 0 N–H and O–H groups in total. The molecule has 0 aliphatic carbocycles. The maximum absolute atomic E-state index is 13.1. The van der Waals surface area contributed by atoms with Crippen molar-refractivity contribution < 1.29 is 24.1 Å². The maximum atomic E-state index is 13.1. The van der Waals surface area contributed by atoms with E-state index in [4.69, 9.17) is 0 Å². The molecule has 0 radical (unpaired) electrons. The van der Waals surface area contributed by atoms with Crippen molar-refractivity contribution in [1.29, 1.82) is 0 Å². The van der Waals surface area contributed by atoms with Gasteiger partial charge in [0, 0.05) is 43.5 Å². The zero-order chi connectivity index (χ0) is 23.9. The first-order chi connectivity index (χ1) is 15.7. The van der Waals surface area contributed by atoms with Crippen LogP contribution >= 0.6 is 0 Å². The van der Waals surface area contributed by atoms with Gasteiger partial charge in [0.25, 0.3) is 17.5 Å². The summed E-state index contributed by atoms with van der Waals surface area (Å²) in [5.41, 5.74) is 0.784. The van der Waals surface area contributed by atoms with E-state index in [2.05, 4.69) is 4.90 Å². The number of amides is 3. The summed E-state index contributed by atoms with van der Waals surface area (Å²) in [5.74, 6) is -1.93. The van der Waals surface area contributed by atoms with Gasteiger partial charge in [-0.25, -0.2) is 0 Å². The topological polar surface area (TPSA) is 121 Å². The molecule has 0 saturated carbocycles. The normalized spacial score (nSPS) is 16.6. The number of carbonyl (C=O) groups excluding carboxylic acids is 4. The molecule has 4 rings (SSSR count). The summed E-state index contributed by atoms with van der Waals surface area (Å²) in [6, 6.07) is 10.0. The monoisotopic (exact) mass is 450 g/mol. The minimum Gasteiger partial charge on any atom is -0.368 e. The lowest BCUT2D eigenvalue weighted by molar-refractivity contribution is -0.385. The molecule has 10 heteroatoms. The van der Waals surface area contributed by atoms with Crippen molar-refractivity contribution in [2.24, 2.45) is 0 Å². The van der Waals surface area contributed by atoms with Crippen molar-refractivity contribution in [2.45, 2.75) is 19.9 Å². The average Bonchev–Trinajstić information content (AvgIpc) is 3.08. The van der Waals surface area contributed by atoms with Gasteiger partial charge < -0.3 is 9.80 Å². The highest BCUT2D eigenvalue weighted by Gasteiger charge is 2.45. The number of nitro benzene ring substituents is 1. The van der Waals surface area contributed by atoms with Crippen LogP contribution in [-0.4, -0.2) is 70.4 Å². The summed E-state index contributed by atoms with van der Waals surface area (Å²) in [4.78, 5) is 65.3. The average molecular weight is 450 g/mol. The Morgan fingerprint density at radius 2 is 1.61 bits per heavy atom. The summed E-state index contributed by atoms with van der Waals surface area (Å²) in [7, 11) is 0. The number of piperazine rings is 1. The van der Waals surface area contributed by atoms with Crippen molar-refractivity contribution in [3.8, 4) is 0 Å². The number of rotatable bonds is 5. The molecule has 2 aromatic rings. The first-order valence-electron chi connectivity index (χ1n) is 10.5. The number of hydrogen-bond acceptors (Lipinski definition) is 7. The standard InChI is InChI=1S/C23H22N4O6/c1-14(26-22(30)18-4-3-5-19(27(32)33)20(18)23(26)31)21(29)25-12-10-24(11-13-25)17-8-6-16(7-9-17)15(2)28/h3-9,14H,10-13H2,1-2H3. The molecule has 170 valence electrons. The lowest BCUT2D eigenvalue weighted by Crippen LogP contribution is -2.55. The van der Waals surface area contributed by atoms with Crippen molar-refractivity contribution >= 4 is 34.9 Å². The quantitative estimate of drug-likeness (QED) is 0.296. The molecule has 2 aliphatic rings. The molecule has 1 saturated heterocycles. The SMILES string of the molecule is CC(=O)c1ccc(N2CCN(C(=O)C(C)N3C(=O)c4cccc([N+](=O)[O-])c4C3=O)CC2)cc1. The van der Waals surface area contributed by atoms with Crippen LogP contribution < -0.4 is 4.90 Å². The lowest BCUT2D eigenvalue weighted by atomic mass is 10.1. The molecule has 2 aromatic carbocycles. The Hall–Kier alpha value is -4.08. The van der Waals surface area contributed by atoms with Crippen LogP contribution in [0.3, 0.4) is 0 Å². The fourth-order valence-corrected chi connectivity index (χ4v) is 4.26. The highest BCUT2D eigenvalue weighted by Crippen LogP contribution is 2.32. The van der Waals surface area contributed by atoms with Crippen LogP contribution in [-0.2, 0) is 4.79 Å². The molecule has 33 heavy (non-hydrogen) atoms. The van der Waals surface area contributed by atoms with Crippen molar-refractivity contribution in [1.82, 2.24) is 9.80 Å². The Bertz CT molecular complexity index is 1170. The molecule has 1 atom stereocenters. The Balaban J connectivity index is 1.44. The summed E-state index contributed by atoms with van der Waals surface area (Å²) < 4.78 is 0. The molecule has 0 spiro atoms. The smallest absolute Gasteiger partial charge is 0.282 e. The number of carbonyl (C=O) groups is 4. The molecular formula is C23H22N4O6. The van der Waals surface area contributed by atoms with E-state index >= 15 is 0 Å². The Morgan fingerprint density at radius 3 is 2.18 bits per heavy atom. The minimum absolute atomic E-state index is 0.00977. The van der Waals surface area contributed by atoms with E-state index in [0.29, 0.717) is 31.7 Å². The third kappa shape index (κ3) is 3.84. The first kappa shape index (κ1) is 22.1. The number of ketones is 1. The van der Waals surface area contributed by atoms with E-state index in [-0.39, 0.29) is 16.9 Å². The number of fused-ring (bicyclic) bond motifs is 1. The number of hydrogen-bond donors (Lipinski definition) is 0. The molecule has 0 bridgehead atoms. The largest absolute Gasteiger partial charge is 0.368 e. The van der Waals surface area contributed by atoms with Crippen molar-refractivity contribution in [2.75, 3.05) is 31.1 Å². The van der Waals surface area contributed by atoms with Gasteiger partial charge in [0.1, 0.15) is 11.6 Å². The molecule has 0 aromatic heterocycles. The van der Waals surface area contributed by atoms with Gasteiger partial charge in [-0.3, -0.25) is 34.2 Å². The van der Waals surface area contributed by atoms with Crippen LogP contribution in [0.15, 0.2) is 42.5 Å². The second kappa shape index (κ2) is 8.45. The third-order valence-electron chi connectivity index (χ3n) is 6.10. The molecule has 1 fully saturated rings. The van der Waals surface area contributed by atoms with Gasteiger partial charge in [-0.15, -0.1) is 0 Å². The van der Waals surface area contributed by atoms with Gasteiger partial charge >= 0.3 is 0 Å². The molecule has 2 aliphatic heterocycles. The van der Waals surface area contributed by atoms with E-state index < -0.39 is 34.4 Å². The summed E-state index contributed by atoms with van der Waals surface area (Å²) >= 11 is 0. The van der Waals surface area contributed by atoms with Crippen molar-refractivity contribution in [3.63, 3.8) is 0 Å². The van der Waals surface area contributed by atoms with Crippen LogP contribution in [0.4, 0.5) is 11.4 Å². The number of nitro groups is 1. The Kier molecular flexibility index (Phi) is 5.67. The molecule has 1 unspecified atom stereocenters. The highest BCUT2D eigenvalue weighted by molar-refractivity contribution is 6.24. The third-order valence-corrected chi connectivity index (χ3v) is 6.10. The molecular weight excluding hydrogens is 428 g/mol. The van der Waals surface area contributed by atoms with Gasteiger partial charge in [0.15, 0.2) is 5.78 Å². The fourth-order valence-electron chi connectivity index (χ4n) is 4.26. The van der Waals surface area contributed by atoms with Gasteiger partial charge in [0.05, 0.1) is 10.5 Å². The van der Waals surface area contributed by atoms with E-state index in [0.717, 1.165) is 10.6 Å². The van der Waals surface area contributed by atoms with E-state index in [1.165, 1.54) is 32.0 Å². The Morgan fingerprint density at radius 1 is 0.970 bits per heavy atom. The fraction of sp³-hybridized carbons (Fsp3) is 0.304. The molecule has 10 nitrogen and oxygen atoms in total. The van der Waals surface area contributed by atoms with Crippen LogP contribution in [0.25, 0.3) is 0 Å². The van der Waals surface area contributed by atoms with E-state index in [1.54, 1.807) is 17.0 Å². The van der Waals surface area contributed by atoms with Crippen LogP contribution in [0, 0.1) is 10.1 Å². The molecule has 3 amide bonds. The maximum Gasteiger partial charge on any atom is 0.282 e. The number of benzene rings is 2. The van der Waals surface area contributed by atoms with Crippen molar-refractivity contribution in [3.05, 3.63) is 69.3 Å². The predicted molar refractivity (Wildman–Crippen MR) is 118 cm³/mol. The Labute approximate surface area is 189 Å². The van der Waals surface area contributed by atoms with Gasteiger partial charge in [0.2, 0.25) is 5.91 Å². The van der Waals surface area contributed by atoms with Gasteiger partial charge in [-0.2, -0.15) is 0 Å².